The summed E-state index contributed by atoms with van der Waals surface area (Å²) in [6.07, 6.45) is 6.35. The van der Waals surface area contributed by atoms with Gasteiger partial charge in [0, 0.05) is 0 Å². The molecule has 0 amide bonds. The fourth-order valence-corrected chi connectivity index (χ4v) is 1.30. The zero-order valence-electron chi connectivity index (χ0n) is 5.83. The van der Waals surface area contributed by atoms with E-state index in [1.165, 1.54) is 19.3 Å². The molecule has 0 unspecified atom stereocenters. The van der Waals surface area contributed by atoms with E-state index in [0.29, 0.717) is 5.41 Å². The van der Waals surface area contributed by atoms with Gasteiger partial charge in [-0.25, -0.2) is 0 Å². The van der Waals surface area contributed by atoms with Crippen LogP contribution in [0.15, 0.2) is 0 Å². The molecule has 0 aromatic heterocycles. The van der Waals surface area contributed by atoms with Crippen molar-refractivity contribution in [3.05, 3.63) is 13.8 Å². The minimum absolute atomic E-state index is 0. The van der Waals surface area contributed by atoms with Crippen LogP contribution in [0.2, 0.25) is 0 Å². The summed E-state index contributed by atoms with van der Waals surface area (Å²) in [6, 6.07) is 0. The second kappa shape index (κ2) is 3.63. The molecule has 1 rings (SSSR count). The number of hydrogen-bond acceptors (Lipinski definition) is 0. The van der Waals surface area contributed by atoms with Gasteiger partial charge in [0.05, 0.1) is 0 Å². The molecule has 0 bridgehead atoms. The van der Waals surface area contributed by atoms with E-state index in [1.54, 1.807) is 0 Å². The van der Waals surface area contributed by atoms with Crippen molar-refractivity contribution in [2.75, 3.05) is 0 Å². The molecule has 1 aliphatic rings. The van der Waals surface area contributed by atoms with Gasteiger partial charge in [-0.1, -0.05) is 24.7 Å². The third kappa shape index (κ3) is 1.72. The van der Waals surface area contributed by atoms with Gasteiger partial charge in [-0.3, -0.25) is 0 Å². The van der Waals surface area contributed by atoms with Crippen LogP contribution in [0.4, 0.5) is 0 Å². The van der Waals surface area contributed by atoms with Gasteiger partial charge < -0.3 is 13.8 Å². The minimum atomic E-state index is 0. The van der Waals surface area contributed by atoms with Crippen molar-refractivity contribution in [2.45, 2.75) is 32.1 Å². The summed E-state index contributed by atoms with van der Waals surface area (Å²) in [4.78, 5) is 0. The van der Waals surface area contributed by atoms with E-state index in [2.05, 4.69) is 13.8 Å². The average Bonchev–Trinajstić information content (AvgIpc) is 1.67. The van der Waals surface area contributed by atoms with Crippen molar-refractivity contribution in [1.82, 2.24) is 0 Å². The molecule has 0 heterocycles. The Bertz CT molecular complexity index is 61.1. The summed E-state index contributed by atoms with van der Waals surface area (Å²) in [7, 11) is 0. The van der Waals surface area contributed by atoms with Crippen molar-refractivity contribution in [1.29, 1.82) is 0 Å². The summed E-state index contributed by atoms with van der Waals surface area (Å²) >= 11 is 0. The van der Waals surface area contributed by atoms with E-state index in [1.807, 2.05) is 0 Å². The Labute approximate surface area is 68.9 Å². The van der Waals surface area contributed by atoms with E-state index in [4.69, 9.17) is 0 Å². The first-order valence-electron chi connectivity index (χ1n) is 3.41. The van der Waals surface area contributed by atoms with E-state index >= 15 is 0 Å². The maximum atomic E-state index is 3.91. The van der Waals surface area contributed by atoms with Gasteiger partial charge in [-0.15, -0.1) is 0 Å². The first-order chi connectivity index (χ1) is 3.83. The largest absolute Gasteiger partial charge is 2.00 e. The number of hydrogen-bond donors (Lipinski definition) is 0. The van der Waals surface area contributed by atoms with Crippen LogP contribution in [-0.2, 0) is 17.1 Å². The fourth-order valence-electron chi connectivity index (χ4n) is 1.30. The van der Waals surface area contributed by atoms with E-state index in [9.17, 15) is 0 Å². The van der Waals surface area contributed by atoms with Gasteiger partial charge in [0.15, 0.2) is 0 Å². The van der Waals surface area contributed by atoms with Gasteiger partial charge in [-0.05, 0) is 0 Å². The van der Waals surface area contributed by atoms with Crippen molar-refractivity contribution >= 4 is 0 Å². The molecule has 0 spiro atoms. The summed E-state index contributed by atoms with van der Waals surface area (Å²) < 4.78 is 0. The quantitative estimate of drug-likeness (QED) is 0.435. The number of rotatable bonds is 2. The topological polar surface area (TPSA) is 0 Å². The predicted octanol–water partition coefficient (Wildman–Crippen LogP) is 2.60. The van der Waals surface area contributed by atoms with Crippen LogP contribution < -0.4 is 0 Å². The van der Waals surface area contributed by atoms with Gasteiger partial charge in [0.2, 0.25) is 0 Å². The maximum Gasteiger partial charge on any atom is 2.00 e. The summed E-state index contributed by atoms with van der Waals surface area (Å²) in [6.45, 7) is 7.82. The van der Waals surface area contributed by atoms with Gasteiger partial charge in [0.1, 0.15) is 0 Å². The maximum absolute atomic E-state index is 3.91. The summed E-state index contributed by atoms with van der Waals surface area (Å²) in [5.74, 6) is 0. The molecule has 1 aliphatic carbocycles. The second-order valence-corrected chi connectivity index (χ2v) is 2.85. The fraction of sp³-hybridized carbons (Fsp3) is 0.750. The van der Waals surface area contributed by atoms with Crippen molar-refractivity contribution in [2.24, 2.45) is 5.41 Å². The van der Waals surface area contributed by atoms with E-state index in [0.717, 1.165) is 12.8 Å². The average molecular weight is 165 g/mol. The SMILES string of the molecule is [CH2-]CC1(C[CH2-])CCC1.[Mn+2]. The Kier molecular flexibility index (Phi) is 3.84. The molecule has 0 N–H and O–H groups in total. The smallest absolute Gasteiger partial charge is 0.343 e. The molecule has 0 nitrogen and oxygen atoms in total. The Hall–Kier alpha value is 0.519. The molecule has 53 valence electrons. The van der Waals surface area contributed by atoms with Crippen molar-refractivity contribution in [3.8, 4) is 0 Å². The van der Waals surface area contributed by atoms with Crippen molar-refractivity contribution in [3.63, 3.8) is 0 Å². The van der Waals surface area contributed by atoms with Crippen LogP contribution in [0, 0.1) is 19.3 Å². The van der Waals surface area contributed by atoms with Crippen molar-refractivity contribution < 1.29 is 17.1 Å². The zero-order valence-corrected chi connectivity index (χ0v) is 7.01. The summed E-state index contributed by atoms with van der Waals surface area (Å²) in [5, 5.41) is 0. The molecule has 9 heavy (non-hydrogen) atoms. The van der Waals surface area contributed by atoms with Crippen LogP contribution in [0.25, 0.3) is 0 Å². The molecule has 1 fully saturated rings. The Morgan fingerprint density at radius 1 is 1.11 bits per heavy atom. The molecule has 1 heteroatoms. The van der Waals surface area contributed by atoms with Crippen LogP contribution >= 0.6 is 0 Å². The molecule has 0 atom stereocenters. The minimum Gasteiger partial charge on any atom is -0.343 e. The molecule has 1 radical (unpaired) electrons. The first-order valence-corrected chi connectivity index (χ1v) is 3.41. The van der Waals surface area contributed by atoms with Crippen LogP contribution in [0.3, 0.4) is 0 Å². The third-order valence-corrected chi connectivity index (χ3v) is 2.47. The van der Waals surface area contributed by atoms with Crippen LogP contribution in [0.5, 0.6) is 0 Å². The molecular formula is C8H14Mn. The molecule has 0 aromatic rings. The third-order valence-electron chi connectivity index (χ3n) is 2.47. The summed E-state index contributed by atoms with van der Waals surface area (Å²) in [5.41, 5.74) is 0.583. The van der Waals surface area contributed by atoms with Gasteiger partial charge in [-0.2, -0.15) is 12.8 Å². The predicted molar refractivity (Wildman–Crippen MR) is 36.2 cm³/mol. The molecule has 0 aliphatic heterocycles. The first kappa shape index (κ1) is 9.52. The second-order valence-electron chi connectivity index (χ2n) is 2.85. The van der Waals surface area contributed by atoms with E-state index < -0.39 is 0 Å². The Morgan fingerprint density at radius 2 is 1.56 bits per heavy atom. The molecule has 1 saturated carbocycles. The Morgan fingerprint density at radius 3 is 1.56 bits per heavy atom. The van der Waals surface area contributed by atoms with Crippen LogP contribution in [-0.4, -0.2) is 0 Å². The van der Waals surface area contributed by atoms with E-state index in [-0.39, 0.29) is 17.1 Å². The molecule has 0 aromatic carbocycles. The molecule has 0 saturated heterocycles. The zero-order chi connectivity index (χ0) is 6.04. The van der Waals surface area contributed by atoms with Gasteiger partial charge >= 0.3 is 17.1 Å². The van der Waals surface area contributed by atoms with Crippen LogP contribution in [0.1, 0.15) is 32.1 Å². The normalized spacial score (nSPS) is 22.0. The monoisotopic (exact) mass is 165 g/mol. The standard InChI is InChI=1S/C8H14.Mn/c1-3-8(4-2)6-5-7-8;/h1-7H2;/q-2;+2. The van der Waals surface area contributed by atoms with Gasteiger partial charge in [0.25, 0.3) is 0 Å². The Balaban J connectivity index is 0.000000640. The molecular weight excluding hydrogens is 151 g/mol.